The molecule has 3 nitrogen and oxygen atoms in total. The molecule has 1 heterocycles. The Morgan fingerprint density at radius 1 is 1.06 bits per heavy atom. The van der Waals surface area contributed by atoms with Gasteiger partial charge in [0.2, 0.25) is 0 Å². The molecule has 0 bridgehead atoms. The van der Waals surface area contributed by atoms with Gasteiger partial charge in [0.15, 0.2) is 0 Å². The highest BCUT2D eigenvalue weighted by Gasteiger charge is 2.01. The minimum absolute atomic E-state index is 0.260. The topological polar surface area (TPSA) is 42.4 Å². The normalized spacial score (nSPS) is 10.6. The van der Waals surface area contributed by atoms with E-state index in [4.69, 9.17) is 9.84 Å². The Morgan fingerprint density at radius 3 is 2.82 bits per heavy atom. The molecule has 0 amide bonds. The lowest BCUT2D eigenvalue weighted by molar-refractivity contribution is 0.267. The fourth-order valence-electron chi connectivity index (χ4n) is 1.77. The van der Waals surface area contributed by atoms with E-state index in [9.17, 15) is 0 Å². The lowest BCUT2D eigenvalue weighted by Crippen LogP contribution is -1.99. The Hall–Kier alpha value is -1.61. The van der Waals surface area contributed by atoms with Crippen molar-refractivity contribution in [3.05, 3.63) is 36.5 Å². The van der Waals surface area contributed by atoms with E-state index >= 15 is 0 Å². The van der Waals surface area contributed by atoms with E-state index in [0.717, 1.165) is 35.9 Å². The second-order valence-corrected chi connectivity index (χ2v) is 3.96. The molecule has 0 radical (unpaired) electrons. The summed E-state index contributed by atoms with van der Waals surface area (Å²) in [7, 11) is 0. The van der Waals surface area contributed by atoms with E-state index in [0.29, 0.717) is 6.61 Å². The summed E-state index contributed by atoms with van der Waals surface area (Å²) in [6, 6.07) is 9.91. The van der Waals surface area contributed by atoms with E-state index in [-0.39, 0.29) is 6.61 Å². The zero-order chi connectivity index (χ0) is 11.9. The van der Waals surface area contributed by atoms with Crippen LogP contribution in [0.25, 0.3) is 10.9 Å². The highest BCUT2D eigenvalue weighted by Crippen LogP contribution is 2.22. The van der Waals surface area contributed by atoms with Gasteiger partial charge in [0, 0.05) is 18.2 Å². The van der Waals surface area contributed by atoms with E-state index in [1.54, 1.807) is 6.20 Å². The Kier molecular flexibility index (Phi) is 4.33. The van der Waals surface area contributed by atoms with Crippen LogP contribution in [0.15, 0.2) is 36.5 Å². The molecule has 0 aliphatic rings. The van der Waals surface area contributed by atoms with Gasteiger partial charge in [-0.15, -0.1) is 0 Å². The third-order valence-corrected chi connectivity index (χ3v) is 2.66. The van der Waals surface area contributed by atoms with Crippen LogP contribution in [0.1, 0.15) is 19.3 Å². The molecular formula is C14H17NO2. The second-order valence-electron chi connectivity index (χ2n) is 3.96. The van der Waals surface area contributed by atoms with Gasteiger partial charge in [-0.1, -0.05) is 18.2 Å². The molecule has 1 N–H and O–H groups in total. The molecule has 0 spiro atoms. The standard InChI is InChI=1S/C14H17NO2/c16-10-2-1-3-11-17-13-8-4-6-12-7-5-9-15-14(12)13/h4-9,16H,1-3,10-11H2. The molecule has 90 valence electrons. The molecule has 0 saturated carbocycles. The van der Waals surface area contributed by atoms with Crippen LogP contribution in [0, 0.1) is 0 Å². The largest absolute Gasteiger partial charge is 0.491 e. The maximum Gasteiger partial charge on any atom is 0.145 e. The van der Waals surface area contributed by atoms with Crippen molar-refractivity contribution in [3.63, 3.8) is 0 Å². The van der Waals surface area contributed by atoms with Crippen LogP contribution in [0.5, 0.6) is 5.75 Å². The van der Waals surface area contributed by atoms with Gasteiger partial charge < -0.3 is 9.84 Å². The van der Waals surface area contributed by atoms with Gasteiger partial charge in [-0.05, 0) is 31.4 Å². The number of para-hydroxylation sites is 1. The van der Waals surface area contributed by atoms with Crippen molar-refractivity contribution < 1.29 is 9.84 Å². The van der Waals surface area contributed by atoms with Crippen LogP contribution < -0.4 is 4.74 Å². The molecule has 17 heavy (non-hydrogen) atoms. The first-order chi connectivity index (χ1) is 8.42. The number of hydrogen-bond acceptors (Lipinski definition) is 3. The van der Waals surface area contributed by atoms with Gasteiger partial charge in [-0.2, -0.15) is 0 Å². The highest BCUT2D eigenvalue weighted by molar-refractivity contribution is 5.84. The summed E-state index contributed by atoms with van der Waals surface area (Å²) in [5.74, 6) is 0.840. The van der Waals surface area contributed by atoms with Crippen LogP contribution >= 0.6 is 0 Å². The molecule has 0 aliphatic carbocycles. The van der Waals surface area contributed by atoms with Crippen molar-refractivity contribution in [3.8, 4) is 5.75 Å². The molecule has 0 unspecified atom stereocenters. The third kappa shape index (κ3) is 3.17. The third-order valence-electron chi connectivity index (χ3n) is 2.66. The number of nitrogens with zero attached hydrogens (tertiary/aromatic N) is 1. The Bertz CT molecular complexity index is 465. The highest BCUT2D eigenvalue weighted by atomic mass is 16.5. The first-order valence-corrected chi connectivity index (χ1v) is 5.99. The number of rotatable bonds is 6. The first kappa shape index (κ1) is 11.9. The summed E-state index contributed by atoms with van der Waals surface area (Å²) in [5, 5.41) is 9.77. The zero-order valence-corrected chi connectivity index (χ0v) is 9.80. The summed E-state index contributed by atoms with van der Waals surface area (Å²) < 4.78 is 5.72. The smallest absolute Gasteiger partial charge is 0.145 e. The number of hydrogen-bond donors (Lipinski definition) is 1. The molecule has 1 aromatic heterocycles. The fourth-order valence-corrected chi connectivity index (χ4v) is 1.77. The molecule has 0 atom stereocenters. The Labute approximate surface area is 101 Å². The molecule has 2 rings (SSSR count). The predicted molar refractivity (Wildman–Crippen MR) is 68.2 cm³/mol. The maximum absolute atomic E-state index is 8.67. The molecule has 2 aromatic rings. The number of fused-ring (bicyclic) bond motifs is 1. The number of unbranched alkanes of at least 4 members (excludes halogenated alkanes) is 2. The van der Waals surface area contributed by atoms with E-state index in [2.05, 4.69) is 4.98 Å². The summed E-state index contributed by atoms with van der Waals surface area (Å²) >= 11 is 0. The van der Waals surface area contributed by atoms with Gasteiger partial charge in [0.25, 0.3) is 0 Å². The molecule has 3 heteroatoms. The predicted octanol–water partition coefficient (Wildman–Crippen LogP) is 2.78. The van der Waals surface area contributed by atoms with Crippen molar-refractivity contribution in [2.24, 2.45) is 0 Å². The van der Waals surface area contributed by atoms with Crippen LogP contribution in [-0.2, 0) is 0 Å². The summed E-state index contributed by atoms with van der Waals surface area (Å²) in [5.41, 5.74) is 0.914. The molecule has 0 fully saturated rings. The molecule has 1 aromatic carbocycles. The van der Waals surface area contributed by atoms with Gasteiger partial charge in [-0.25, -0.2) is 0 Å². The van der Waals surface area contributed by atoms with Crippen LogP contribution in [0.2, 0.25) is 0 Å². The minimum Gasteiger partial charge on any atom is -0.491 e. The minimum atomic E-state index is 0.260. The van der Waals surface area contributed by atoms with E-state index in [1.165, 1.54) is 0 Å². The SMILES string of the molecule is OCCCCCOc1cccc2cccnc12. The maximum atomic E-state index is 8.67. The molecular weight excluding hydrogens is 214 g/mol. The quantitative estimate of drug-likeness (QED) is 0.777. The number of benzene rings is 1. The lowest BCUT2D eigenvalue weighted by atomic mass is 10.2. The summed E-state index contributed by atoms with van der Waals surface area (Å²) in [6.45, 7) is 0.936. The van der Waals surface area contributed by atoms with Crippen molar-refractivity contribution in [2.75, 3.05) is 13.2 Å². The van der Waals surface area contributed by atoms with Crippen molar-refractivity contribution in [1.29, 1.82) is 0 Å². The number of pyridine rings is 1. The summed E-state index contributed by atoms with van der Waals surface area (Å²) in [4.78, 5) is 4.33. The fraction of sp³-hybridized carbons (Fsp3) is 0.357. The van der Waals surface area contributed by atoms with E-state index < -0.39 is 0 Å². The van der Waals surface area contributed by atoms with Crippen LogP contribution in [0.4, 0.5) is 0 Å². The van der Waals surface area contributed by atoms with Crippen LogP contribution in [-0.4, -0.2) is 23.3 Å². The zero-order valence-electron chi connectivity index (χ0n) is 9.80. The number of aliphatic hydroxyl groups is 1. The van der Waals surface area contributed by atoms with Crippen LogP contribution in [0.3, 0.4) is 0 Å². The van der Waals surface area contributed by atoms with Gasteiger partial charge in [0.1, 0.15) is 11.3 Å². The number of aromatic nitrogens is 1. The Balaban J connectivity index is 1.98. The van der Waals surface area contributed by atoms with E-state index in [1.807, 2.05) is 30.3 Å². The van der Waals surface area contributed by atoms with Gasteiger partial charge >= 0.3 is 0 Å². The number of ether oxygens (including phenoxy) is 1. The second kappa shape index (κ2) is 6.21. The monoisotopic (exact) mass is 231 g/mol. The van der Waals surface area contributed by atoms with Gasteiger partial charge in [-0.3, -0.25) is 4.98 Å². The van der Waals surface area contributed by atoms with Crippen molar-refractivity contribution in [2.45, 2.75) is 19.3 Å². The Morgan fingerprint density at radius 2 is 1.94 bits per heavy atom. The summed E-state index contributed by atoms with van der Waals surface area (Å²) in [6.07, 6.45) is 4.58. The van der Waals surface area contributed by atoms with Crippen molar-refractivity contribution >= 4 is 10.9 Å². The average Bonchev–Trinajstić information content (AvgIpc) is 2.39. The molecule has 0 aliphatic heterocycles. The first-order valence-electron chi connectivity index (χ1n) is 5.99. The molecule has 0 saturated heterocycles. The van der Waals surface area contributed by atoms with Gasteiger partial charge in [0.05, 0.1) is 6.61 Å². The average molecular weight is 231 g/mol. The lowest BCUT2D eigenvalue weighted by Gasteiger charge is -2.08. The van der Waals surface area contributed by atoms with Crippen molar-refractivity contribution in [1.82, 2.24) is 4.98 Å². The number of aliphatic hydroxyl groups excluding tert-OH is 1.